The van der Waals surface area contributed by atoms with Crippen LogP contribution in [0.3, 0.4) is 0 Å². The van der Waals surface area contributed by atoms with Gasteiger partial charge in [-0.2, -0.15) is 0 Å². The molecule has 8 nitrogen and oxygen atoms in total. The van der Waals surface area contributed by atoms with Gasteiger partial charge in [0.1, 0.15) is 17.4 Å². The molecule has 1 fully saturated rings. The topological polar surface area (TPSA) is 94.5 Å². The Morgan fingerprint density at radius 2 is 1.81 bits per heavy atom. The van der Waals surface area contributed by atoms with E-state index in [0.29, 0.717) is 28.6 Å². The molecule has 1 amide bonds. The molecule has 2 heterocycles. The highest BCUT2D eigenvalue weighted by Gasteiger charge is 2.48. The molecule has 1 atom stereocenters. The van der Waals surface area contributed by atoms with Crippen LogP contribution in [0.2, 0.25) is 0 Å². The number of amides is 1. The number of aliphatic hydroxyl groups is 1. The summed E-state index contributed by atoms with van der Waals surface area (Å²) in [6.45, 7) is 2.05. The van der Waals surface area contributed by atoms with E-state index in [-0.39, 0.29) is 24.5 Å². The standard InChI is InChI=1S/C27H21F2NO7/c1-3-35-21-10-14(4-8-19(21)34-2)24-23(25(31)15-5-9-20-22(11-15)37-13-36-20)26(32)27(33)30(24)18-12-16(28)6-7-17(18)29/h4-12,24,31H,3,13H2,1-2H3/b25-23+. The molecule has 0 radical (unpaired) electrons. The second-order valence-corrected chi connectivity index (χ2v) is 8.18. The number of methoxy groups -OCH3 is 1. The first kappa shape index (κ1) is 24.1. The Hall–Kier alpha value is -4.60. The van der Waals surface area contributed by atoms with Crippen molar-refractivity contribution in [1.29, 1.82) is 0 Å². The number of fused-ring (bicyclic) bond motifs is 1. The summed E-state index contributed by atoms with van der Waals surface area (Å²) < 4.78 is 50.7. The predicted octanol–water partition coefficient (Wildman–Crippen LogP) is 4.73. The Morgan fingerprint density at radius 3 is 2.57 bits per heavy atom. The third-order valence-corrected chi connectivity index (χ3v) is 6.06. The van der Waals surface area contributed by atoms with Gasteiger partial charge in [0.05, 0.1) is 31.0 Å². The average Bonchev–Trinajstić information content (AvgIpc) is 3.47. The lowest BCUT2D eigenvalue weighted by Crippen LogP contribution is -2.30. The van der Waals surface area contributed by atoms with E-state index in [1.165, 1.54) is 25.3 Å². The molecule has 1 N–H and O–H groups in total. The zero-order chi connectivity index (χ0) is 26.3. The quantitative estimate of drug-likeness (QED) is 0.292. The number of ketones is 1. The summed E-state index contributed by atoms with van der Waals surface area (Å²) in [6, 6.07) is 10.4. The van der Waals surface area contributed by atoms with Gasteiger partial charge in [0, 0.05) is 11.6 Å². The Morgan fingerprint density at radius 1 is 1.03 bits per heavy atom. The van der Waals surface area contributed by atoms with E-state index in [2.05, 4.69) is 0 Å². The molecule has 2 aliphatic heterocycles. The highest BCUT2D eigenvalue weighted by Crippen LogP contribution is 2.45. The van der Waals surface area contributed by atoms with Crippen molar-refractivity contribution in [3.63, 3.8) is 0 Å². The highest BCUT2D eigenvalue weighted by molar-refractivity contribution is 6.51. The van der Waals surface area contributed by atoms with Crippen LogP contribution in [-0.2, 0) is 9.59 Å². The van der Waals surface area contributed by atoms with Crippen molar-refractivity contribution in [3.05, 3.63) is 82.9 Å². The molecule has 3 aromatic carbocycles. The van der Waals surface area contributed by atoms with Crippen LogP contribution in [0.25, 0.3) is 5.76 Å². The Bertz CT molecular complexity index is 1450. The lowest BCUT2D eigenvalue weighted by molar-refractivity contribution is -0.132. The summed E-state index contributed by atoms with van der Waals surface area (Å²) in [6.07, 6.45) is 0. The summed E-state index contributed by atoms with van der Waals surface area (Å²) in [5.74, 6) is -2.97. The van der Waals surface area contributed by atoms with Crippen LogP contribution in [0.4, 0.5) is 14.5 Å². The fourth-order valence-corrected chi connectivity index (χ4v) is 4.40. The molecule has 3 aromatic rings. The lowest BCUT2D eigenvalue weighted by atomic mass is 9.94. The molecule has 0 spiro atoms. The van der Waals surface area contributed by atoms with Crippen molar-refractivity contribution in [2.24, 2.45) is 0 Å². The first-order chi connectivity index (χ1) is 17.8. The first-order valence-corrected chi connectivity index (χ1v) is 11.3. The van der Waals surface area contributed by atoms with E-state index >= 15 is 0 Å². The van der Waals surface area contributed by atoms with Gasteiger partial charge in [-0.15, -0.1) is 0 Å². The van der Waals surface area contributed by atoms with Crippen LogP contribution in [0.1, 0.15) is 24.1 Å². The zero-order valence-electron chi connectivity index (χ0n) is 19.8. The maximum Gasteiger partial charge on any atom is 0.300 e. The van der Waals surface area contributed by atoms with Crippen molar-refractivity contribution < 1.29 is 42.4 Å². The number of carbonyl (C=O) groups is 2. The Kier molecular flexibility index (Phi) is 6.16. The van der Waals surface area contributed by atoms with Crippen molar-refractivity contribution in [2.45, 2.75) is 13.0 Å². The van der Waals surface area contributed by atoms with Crippen molar-refractivity contribution in [3.8, 4) is 23.0 Å². The lowest BCUT2D eigenvalue weighted by Gasteiger charge is -2.26. The number of nitrogens with zero attached hydrogens (tertiary/aromatic N) is 1. The molecule has 10 heteroatoms. The Labute approximate surface area is 210 Å². The smallest absolute Gasteiger partial charge is 0.300 e. The third kappa shape index (κ3) is 4.10. The molecule has 1 unspecified atom stereocenters. The summed E-state index contributed by atoms with van der Waals surface area (Å²) in [7, 11) is 1.45. The van der Waals surface area contributed by atoms with E-state index in [9.17, 15) is 23.5 Å². The van der Waals surface area contributed by atoms with Crippen LogP contribution >= 0.6 is 0 Å². The van der Waals surface area contributed by atoms with Gasteiger partial charge in [-0.05, 0) is 55.0 Å². The van der Waals surface area contributed by atoms with Gasteiger partial charge in [-0.1, -0.05) is 6.07 Å². The molecule has 190 valence electrons. The van der Waals surface area contributed by atoms with Gasteiger partial charge in [0.15, 0.2) is 23.0 Å². The minimum Gasteiger partial charge on any atom is -0.507 e. The van der Waals surface area contributed by atoms with Crippen LogP contribution < -0.4 is 23.8 Å². The summed E-state index contributed by atoms with van der Waals surface area (Å²) in [5, 5.41) is 11.3. The second-order valence-electron chi connectivity index (χ2n) is 8.18. The summed E-state index contributed by atoms with van der Waals surface area (Å²) in [5.41, 5.74) is -0.300. The second kappa shape index (κ2) is 9.45. The van der Waals surface area contributed by atoms with Crippen LogP contribution in [-0.4, -0.2) is 37.3 Å². The number of rotatable bonds is 6. The fourth-order valence-electron chi connectivity index (χ4n) is 4.40. The number of Topliss-reactive ketones (excluding diaryl/α,β-unsaturated/α-hetero) is 1. The number of anilines is 1. The minimum absolute atomic E-state index is 0.00512. The average molecular weight is 509 g/mol. The normalized spacial score (nSPS) is 17.8. The van der Waals surface area contributed by atoms with E-state index < -0.39 is 40.8 Å². The number of carbonyl (C=O) groups excluding carboxylic acids is 2. The van der Waals surface area contributed by atoms with E-state index in [0.717, 1.165) is 23.1 Å². The Balaban J connectivity index is 1.74. The molecular formula is C27H21F2NO7. The number of hydrogen-bond donors (Lipinski definition) is 1. The highest BCUT2D eigenvalue weighted by atomic mass is 19.1. The summed E-state index contributed by atoms with van der Waals surface area (Å²) >= 11 is 0. The van der Waals surface area contributed by atoms with Crippen molar-refractivity contribution in [2.75, 3.05) is 25.4 Å². The SMILES string of the molecule is CCOc1cc(C2/C(=C(\O)c3ccc4c(c3)OCO4)C(=O)C(=O)N2c2cc(F)ccc2F)ccc1OC. The molecule has 0 aromatic heterocycles. The van der Waals surface area contributed by atoms with Gasteiger partial charge in [0.2, 0.25) is 6.79 Å². The number of benzene rings is 3. The molecule has 5 rings (SSSR count). The number of aliphatic hydroxyl groups excluding tert-OH is 1. The first-order valence-electron chi connectivity index (χ1n) is 11.3. The third-order valence-electron chi connectivity index (χ3n) is 6.06. The maximum absolute atomic E-state index is 14.9. The molecule has 0 bridgehead atoms. The van der Waals surface area contributed by atoms with Gasteiger partial charge >= 0.3 is 0 Å². The molecular weight excluding hydrogens is 488 g/mol. The molecule has 2 aliphatic rings. The van der Waals surface area contributed by atoms with E-state index in [1.807, 2.05) is 0 Å². The van der Waals surface area contributed by atoms with Gasteiger partial charge in [-0.25, -0.2) is 8.78 Å². The molecule has 0 saturated carbocycles. The molecule has 0 aliphatic carbocycles. The van der Waals surface area contributed by atoms with Crippen molar-refractivity contribution >= 4 is 23.1 Å². The molecule has 37 heavy (non-hydrogen) atoms. The number of halogens is 2. The van der Waals surface area contributed by atoms with Gasteiger partial charge in [0.25, 0.3) is 11.7 Å². The maximum atomic E-state index is 14.9. The predicted molar refractivity (Wildman–Crippen MR) is 128 cm³/mol. The van der Waals surface area contributed by atoms with Crippen LogP contribution in [0.15, 0.2) is 60.2 Å². The fraction of sp³-hybridized carbons (Fsp3) is 0.185. The summed E-state index contributed by atoms with van der Waals surface area (Å²) in [4.78, 5) is 27.4. The van der Waals surface area contributed by atoms with E-state index in [1.54, 1.807) is 25.1 Å². The van der Waals surface area contributed by atoms with Gasteiger partial charge < -0.3 is 24.1 Å². The van der Waals surface area contributed by atoms with Crippen molar-refractivity contribution in [1.82, 2.24) is 0 Å². The monoisotopic (exact) mass is 509 g/mol. The van der Waals surface area contributed by atoms with Crippen LogP contribution in [0, 0.1) is 11.6 Å². The van der Waals surface area contributed by atoms with E-state index in [4.69, 9.17) is 18.9 Å². The largest absolute Gasteiger partial charge is 0.507 e. The van der Waals surface area contributed by atoms with Gasteiger partial charge in [-0.3, -0.25) is 14.5 Å². The van der Waals surface area contributed by atoms with Crippen LogP contribution in [0.5, 0.6) is 23.0 Å². The minimum atomic E-state index is -1.31. The molecule has 1 saturated heterocycles. The number of hydrogen-bond acceptors (Lipinski definition) is 7. The zero-order valence-corrected chi connectivity index (χ0v) is 19.8. The number of ether oxygens (including phenoxy) is 4.